The van der Waals surface area contributed by atoms with Crippen molar-refractivity contribution in [1.82, 2.24) is 4.98 Å². The highest BCUT2D eigenvalue weighted by Gasteiger charge is 2.05. The van der Waals surface area contributed by atoms with Crippen LogP contribution in [-0.2, 0) is 0 Å². The molecule has 0 N–H and O–H groups in total. The molecule has 2 aromatic rings. The van der Waals surface area contributed by atoms with Crippen LogP contribution >= 0.6 is 11.6 Å². The van der Waals surface area contributed by atoms with Crippen molar-refractivity contribution in [1.29, 1.82) is 0 Å². The number of fused-ring (bicyclic) bond motifs is 1. The van der Waals surface area contributed by atoms with Crippen molar-refractivity contribution in [3.8, 4) is 5.75 Å². The molecule has 0 atom stereocenters. The number of hydrogen-bond donors (Lipinski definition) is 0. The SMILES string of the molecule is CC(C)Oc1ccc2nc(Cl)oc2c1. The molecular weight excluding hydrogens is 202 g/mol. The highest BCUT2D eigenvalue weighted by molar-refractivity contribution is 6.28. The Morgan fingerprint density at radius 3 is 2.93 bits per heavy atom. The zero-order valence-electron chi connectivity index (χ0n) is 7.95. The fourth-order valence-electron chi connectivity index (χ4n) is 1.22. The van der Waals surface area contributed by atoms with Gasteiger partial charge in [0.15, 0.2) is 5.58 Å². The van der Waals surface area contributed by atoms with E-state index in [-0.39, 0.29) is 11.5 Å². The second kappa shape index (κ2) is 3.50. The summed E-state index contributed by atoms with van der Waals surface area (Å²) < 4.78 is 10.7. The Bertz CT molecular complexity index is 450. The fraction of sp³-hybridized carbons (Fsp3) is 0.300. The van der Waals surface area contributed by atoms with Crippen molar-refractivity contribution < 1.29 is 9.15 Å². The molecule has 0 aliphatic carbocycles. The Morgan fingerprint density at radius 2 is 2.21 bits per heavy atom. The molecule has 74 valence electrons. The average molecular weight is 212 g/mol. The zero-order chi connectivity index (χ0) is 10.1. The van der Waals surface area contributed by atoms with Gasteiger partial charge in [-0.3, -0.25) is 0 Å². The van der Waals surface area contributed by atoms with Crippen molar-refractivity contribution >= 4 is 22.7 Å². The van der Waals surface area contributed by atoms with E-state index in [2.05, 4.69) is 4.98 Å². The number of ether oxygens (including phenoxy) is 1. The van der Waals surface area contributed by atoms with E-state index in [0.29, 0.717) is 5.58 Å². The first-order chi connectivity index (χ1) is 6.65. The van der Waals surface area contributed by atoms with Gasteiger partial charge in [0, 0.05) is 6.07 Å². The number of halogens is 1. The lowest BCUT2D eigenvalue weighted by atomic mass is 10.3. The molecule has 2 rings (SSSR count). The highest BCUT2D eigenvalue weighted by atomic mass is 35.5. The van der Waals surface area contributed by atoms with E-state index in [0.717, 1.165) is 11.3 Å². The van der Waals surface area contributed by atoms with E-state index >= 15 is 0 Å². The van der Waals surface area contributed by atoms with Crippen LogP contribution in [0.5, 0.6) is 5.75 Å². The molecule has 1 aromatic carbocycles. The van der Waals surface area contributed by atoms with Gasteiger partial charge in [-0.25, -0.2) is 0 Å². The minimum atomic E-state index is 0.144. The summed E-state index contributed by atoms with van der Waals surface area (Å²) in [6.45, 7) is 3.94. The third-order valence-corrected chi connectivity index (χ3v) is 1.87. The van der Waals surface area contributed by atoms with Gasteiger partial charge in [0.2, 0.25) is 0 Å². The summed E-state index contributed by atoms with van der Waals surface area (Å²) in [7, 11) is 0. The highest BCUT2D eigenvalue weighted by Crippen LogP contribution is 2.24. The van der Waals surface area contributed by atoms with Crippen molar-refractivity contribution in [2.45, 2.75) is 20.0 Å². The molecule has 0 fully saturated rings. The van der Waals surface area contributed by atoms with Gasteiger partial charge >= 0.3 is 0 Å². The second-order valence-corrected chi connectivity index (χ2v) is 3.59. The molecule has 0 aliphatic heterocycles. The summed E-state index contributed by atoms with van der Waals surface area (Å²) in [5, 5.41) is 0.154. The molecule has 0 aliphatic rings. The molecule has 0 saturated carbocycles. The first kappa shape index (κ1) is 9.34. The van der Waals surface area contributed by atoms with Crippen molar-refractivity contribution in [2.24, 2.45) is 0 Å². The van der Waals surface area contributed by atoms with Gasteiger partial charge in [0.1, 0.15) is 11.3 Å². The number of rotatable bonds is 2. The minimum Gasteiger partial charge on any atom is -0.491 e. The Kier molecular flexibility index (Phi) is 2.33. The lowest BCUT2D eigenvalue weighted by Crippen LogP contribution is -2.04. The van der Waals surface area contributed by atoms with Crippen molar-refractivity contribution in [2.75, 3.05) is 0 Å². The fourth-order valence-corrected chi connectivity index (χ4v) is 1.40. The van der Waals surface area contributed by atoms with E-state index in [1.807, 2.05) is 26.0 Å². The van der Waals surface area contributed by atoms with E-state index in [1.165, 1.54) is 0 Å². The van der Waals surface area contributed by atoms with Crippen LogP contribution < -0.4 is 4.74 Å². The number of hydrogen-bond acceptors (Lipinski definition) is 3. The van der Waals surface area contributed by atoms with Crippen molar-refractivity contribution in [3.63, 3.8) is 0 Å². The van der Waals surface area contributed by atoms with E-state index in [4.69, 9.17) is 20.8 Å². The maximum absolute atomic E-state index is 5.62. The Hall–Kier alpha value is -1.22. The smallest absolute Gasteiger partial charge is 0.293 e. The Labute approximate surface area is 86.6 Å². The molecule has 1 heterocycles. The summed E-state index contributed by atoms with van der Waals surface area (Å²) in [6.07, 6.45) is 0.144. The molecule has 1 aromatic heterocycles. The molecule has 0 spiro atoms. The van der Waals surface area contributed by atoms with Gasteiger partial charge in [-0.05, 0) is 37.6 Å². The van der Waals surface area contributed by atoms with Gasteiger partial charge in [-0.2, -0.15) is 4.98 Å². The number of nitrogens with zero attached hydrogens (tertiary/aromatic N) is 1. The summed E-state index contributed by atoms with van der Waals surface area (Å²) in [4.78, 5) is 3.98. The second-order valence-electron chi connectivity index (χ2n) is 3.26. The van der Waals surface area contributed by atoms with Crippen LogP contribution in [0.2, 0.25) is 5.35 Å². The maximum atomic E-state index is 5.62. The largest absolute Gasteiger partial charge is 0.491 e. The topological polar surface area (TPSA) is 35.3 Å². The van der Waals surface area contributed by atoms with Crippen LogP contribution in [0.15, 0.2) is 22.6 Å². The van der Waals surface area contributed by atoms with Gasteiger partial charge in [-0.1, -0.05) is 0 Å². The number of oxazole rings is 1. The molecule has 0 radical (unpaired) electrons. The first-order valence-electron chi connectivity index (χ1n) is 4.38. The third-order valence-electron chi connectivity index (χ3n) is 1.71. The maximum Gasteiger partial charge on any atom is 0.293 e. The first-order valence-corrected chi connectivity index (χ1v) is 4.75. The van der Waals surface area contributed by atoms with Crippen LogP contribution in [0.4, 0.5) is 0 Å². The third kappa shape index (κ3) is 1.82. The van der Waals surface area contributed by atoms with Crippen LogP contribution in [0.25, 0.3) is 11.1 Å². The monoisotopic (exact) mass is 211 g/mol. The predicted octanol–water partition coefficient (Wildman–Crippen LogP) is 3.27. The van der Waals surface area contributed by atoms with Crippen LogP contribution in [0, 0.1) is 0 Å². The molecule has 0 amide bonds. The van der Waals surface area contributed by atoms with Crippen molar-refractivity contribution in [3.05, 3.63) is 23.5 Å². The lowest BCUT2D eigenvalue weighted by molar-refractivity contribution is 0.242. The van der Waals surface area contributed by atoms with Gasteiger partial charge in [0.25, 0.3) is 5.35 Å². The standard InChI is InChI=1S/C10H10ClNO2/c1-6(2)13-7-3-4-8-9(5-7)14-10(11)12-8/h3-6H,1-2H3. The van der Waals surface area contributed by atoms with E-state index in [1.54, 1.807) is 6.07 Å². The molecule has 4 heteroatoms. The Balaban J connectivity index is 2.40. The molecule has 14 heavy (non-hydrogen) atoms. The summed E-state index contributed by atoms with van der Waals surface area (Å²) in [5.41, 5.74) is 1.39. The summed E-state index contributed by atoms with van der Waals surface area (Å²) in [5.74, 6) is 0.764. The molecule has 0 saturated heterocycles. The summed E-state index contributed by atoms with van der Waals surface area (Å²) >= 11 is 5.62. The summed E-state index contributed by atoms with van der Waals surface area (Å²) in [6, 6.07) is 5.46. The van der Waals surface area contributed by atoms with E-state index in [9.17, 15) is 0 Å². The number of aromatic nitrogens is 1. The molecule has 3 nitrogen and oxygen atoms in total. The van der Waals surface area contributed by atoms with Crippen LogP contribution in [-0.4, -0.2) is 11.1 Å². The van der Waals surface area contributed by atoms with Crippen LogP contribution in [0.1, 0.15) is 13.8 Å². The normalized spacial score (nSPS) is 11.1. The number of benzene rings is 1. The molecular formula is C10H10ClNO2. The molecule has 0 bridgehead atoms. The molecule has 0 unspecified atom stereocenters. The predicted molar refractivity (Wildman–Crippen MR) is 54.8 cm³/mol. The zero-order valence-corrected chi connectivity index (χ0v) is 8.71. The van der Waals surface area contributed by atoms with Crippen LogP contribution in [0.3, 0.4) is 0 Å². The van der Waals surface area contributed by atoms with E-state index < -0.39 is 0 Å². The van der Waals surface area contributed by atoms with Gasteiger partial charge in [-0.15, -0.1) is 0 Å². The van der Waals surface area contributed by atoms with Gasteiger partial charge in [0.05, 0.1) is 6.10 Å². The lowest BCUT2D eigenvalue weighted by Gasteiger charge is -2.08. The minimum absolute atomic E-state index is 0.144. The quantitative estimate of drug-likeness (QED) is 0.765. The average Bonchev–Trinajstić information content (AvgIpc) is 2.42. The van der Waals surface area contributed by atoms with Gasteiger partial charge < -0.3 is 9.15 Å². The Morgan fingerprint density at radius 1 is 1.43 bits per heavy atom.